The molecule has 0 saturated carbocycles. The third kappa shape index (κ3) is 2.81. The van der Waals surface area contributed by atoms with Crippen molar-refractivity contribution in [1.82, 2.24) is 4.90 Å². The predicted octanol–water partition coefficient (Wildman–Crippen LogP) is 3.69. The first kappa shape index (κ1) is 14.1. The lowest BCUT2D eigenvalue weighted by Gasteiger charge is -2.27. The Morgan fingerprint density at radius 1 is 1.38 bits per heavy atom. The van der Waals surface area contributed by atoms with E-state index < -0.39 is 0 Å². The third-order valence-electron chi connectivity index (χ3n) is 3.93. The van der Waals surface area contributed by atoms with Gasteiger partial charge in [0.05, 0.1) is 0 Å². The van der Waals surface area contributed by atoms with Crippen molar-refractivity contribution in [1.29, 1.82) is 0 Å². The molecule has 0 fully saturated rings. The highest BCUT2D eigenvalue weighted by Gasteiger charge is 2.23. The Balaban J connectivity index is 1.80. The van der Waals surface area contributed by atoms with E-state index in [1.165, 1.54) is 10.4 Å². The molecule has 1 amide bonds. The summed E-state index contributed by atoms with van der Waals surface area (Å²) in [6, 6.07) is 8.12. The maximum absolute atomic E-state index is 12.7. The van der Waals surface area contributed by atoms with E-state index in [0.29, 0.717) is 0 Å². The monoisotopic (exact) mass is 300 g/mol. The molecule has 2 aromatic rings. The van der Waals surface area contributed by atoms with E-state index in [4.69, 9.17) is 0 Å². The van der Waals surface area contributed by atoms with E-state index in [9.17, 15) is 4.79 Å². The van der Waals surface area contributed by atoms with Gasteiger partial charge in [-0.2, -0.15) is 0 Å². The zero-order valence-corrected chi connectivity index (χ0v) is 13.3. The highest BCUT2D eigenvalue weighted by atomic mass is 32.1. The van der Waals surface area contributed by atoms with Crippen molar-refractivity contribution in [3.05, 3.63) is 51.2 Å². The third-order valence-corrected chi connectivity index (χ3v) is 4.96. The van der Waals surface area contributed by atoms with Crippen molar-refractivity contribution in [2.45, 2.75) is 26.8 Å². The number of carbonyl (C=O) groups is 1. The number of hydrogen-bond donors (Lipinski definition) is 1. The molecule has 110 valence electrons. The maximum atomic E-state index is 12.7. The van der Waals surface area contributed by atoms with E-state index in [1.54, 1.807) is 11.3 Å². The molecule has 1 N–H and O–H groups in total. The van der Waals surface area contributed by atoms with Gasteiger partial charge in [-0.05, 0) is 61.0 Å². The van der Waals surface area contributed by atoms with Crippen LogP contribution in [0.5, 0.6) is 0 Å². The smallest absolute Gasteiger partial charge is 0.254 e. The van der Waals surface area contributed by atoms with Gasteiger partial charge in [0.2, 0.25) is 0 Å². The van der Waals surface area contributed by atoms with Gasteiger partial charge in [-0.1, -0.05) is 0 Å². The van der Waals surface area contributed by atoms with Crippen LogP contribution in [-0.4, -0.2) is 23.9 Å². The summed E-state index contributed by atoms with van der Waals surface area (Å²) in [4.78, 5) is 16.1. The van der Waals surface area contributed by atoms with E-state index in [2.05, 4.69) is 29.8 Å². The van der Waals surface area contributed by atoms with Crippen molar-refractivity contribution in [2.24, 2.45) is 0 Å². The second-order valence-electron chi connectivity index (χ2n) is 5.41. The van der Waals surface area contributed by atoms with Crippen LogP contribution in [0.3, 0.4) is 0 Å². The average Bonchev–Trinajstić information content (AvgIpc) is 2.94. The number of anilines is 1. The number of fused-ring (bicyclic) bond motifs is 1. The fourth-order valence-corrected chi connectivity index (χ4v) is 3.70. The van der Waals surface area contributed by atoms with E-state index >= 15 is 0 Å². The fraction of sp³-hybridized carbons (Fsp3) is 0.353. The van der Waals surface area contributed by atoms with Crippen molar-refractivity contribution < 1.29 is 4.79 Å². The van der Waals surface area contributed by atoms with Gasteiger partial charge in [-0.15, -0.1) is 11.3 Å². The standard InChI is InChI=1S/C17H20N2OS/c1-3-18-14-4-5-15(12(2)10-14)17(20)19-8-6-16-13(11-19)7-9-21-16/h4-5,7,9-10,18H,3,6,8,11H2,1-2H3. The molecule has 0 saturated heterocycles. The molecule has 1 aliphatic heterocycles. The number of nitrogens with zero attached hydrogens (tertiary/aromatic N) is 1. The van der Waals surface area contributed by atoms with Crippen molar-refractivity contribution in [2.75, 3.05) is 18.4 Å². The molecular formula is C17H20N2OS. The second-order valence-corrected chi connectivity index (χ2v) is 6.41. The highest BCUT2D eigenvalue weighted by molar-refractivity contribution is 7.10. The lowest BCUT2D eigenvalue weighted by atomic mass is 10.0. The summed E-state index contributed by atoms with van der Waals surface area (Å²) in [6.45, 7) is 6.53. The molecule has 0 bridgehead atoms. The summed E-state index contributed by atoms with van der Waals surface area (Å²) in [5, 5.41) is 5.40. The Labute approximate surface area is 129 Å². The quantitative estimate of drug-likeness (QED) is 0.937. The molecule has 2 heterocycles. The van der Waals surface area contributed by atoms with E-state index in [-0.39, 0.29) is 5.91 Å². The van der Waals surface area contributed by atoms with Gasteiger partial charge < -0.3 is 10.2 Å². The number of hydrogen-bond acceptors (Lipinski definition) is 3. The van der Waals surface area contributed by atoms with Crippen LogP contribution in [0.4, 0.5) is 5.69 Å². The summed E-state index contributed by atoms with van der Waals surface area (Å²) >= 11 is 1.80. The number of benzene rings is 1. The first-order valence-corrected chi connectivity index (χ1v) is 8.26. The summed E-state index contributed by atoms with van der Waals surface area (Å²) in [5.41, 5.74) is 4.23. The molecule has 3 rings (SSSR count). The predicted molar refractivity (Wildman–Crippen MR) is 88.1 cm³/mol. The molecule has 1 aromatic carbocycles. The number of aryl methyl sites for hydroxylation is 1. The van der Waals surface area contributed by atoms with Gasteiger partial charge in [0.25, 0.3) is 5.91 Å². The topological polar surface area (TPSA) is 32.3 Å². The van der Waals surface area contributed by atoms with Crippen LogP contribution in [0.15, 0.2) is 29.6 Å². The molecule has 0 atom stereocenters. The molecule has 0 radical (unpaired) electrons. The SMILES string of the molecule is CCNc1ccc(C(=O)N2CCc3sccc3C2)c(C)c1. The normalized spacial score (nSPS) is 13.9. The number of rotatable bonds is 3. The minimum atomic E-state index is 0.146. The van der Waals surface area contributed by atoms with Gasteiger partial charge in [0, 0.05) is 35.8 Å². The summed E-state index contributed by atoms with van der Waals surface area (Å²) in [6.07, 6.45) is 0.979. The molecule has 3 nitrogen and oxygen atoms in total. The zero-order chi connectivity index (χ0) is 14.8. The maximum Gasteiger partial charge on any atom is 0.254 e. The number of nitrogens with one attached hydrogen (secondary N) is 1. The van der Waals surface area contributed by atoms with Gasteiger partial charge in [0.15, 0.2) is 0 Å². The lowest BCUT2D eigenvalue weighted by molar-refractivity contribution is 0.0735. The van der Waals surface area contributed by atoms with Crippen LogP contribution >= 0.6 is 11.3 Å². The van der Waals surface area contributed by atoms with Crippen LogP contribution in [0, 0.1) is 6.92 Å². The molecule has 0 aliphatic carbocycles. The zero-order valence-electron chi connectivity index (χ0n) is 12.5. The molecule has 4 heteroatoms. The van der Waals surface area contributed by atoms with Crippen LogP contribution in [-0.2, 0) is 13.0 Å². The summed E-state index contributed by atoms with van der Waals surface area (Å²) in [5.74, 6) is 0.146. The largest absolute Gasteiger partial charge is 0.385 e. The minimum absolute atomic E-state index is 0.146. The van der Waals surface area contributed by atoms with Crippen molar-refractivity contribution in [3.8, 4) is 0 Å². The number of thiophene rings is 1. The summed E-state index contributed by atoms with van der Waals surface area (Å²) < 4.78 is 0. The van der Waals surface area contributed by atoms with Gasteiger partial charge in [-0.25, -0.2) is 0 Å². The molecule has 0 spiro atoms. The van der Waals surface area contributed by atoms with Crippen LogP contribution in [0.2, 0.25) is 0 Å². The summed E-state index contributed by atoms with van der Waals surface area (Å²) in [7, 11) is 0. The van der Waals surface area contributed by atoms with Crippen LogP contribution in [0.1, 0.15) is 33.3 Å². The first-order valence-electron chi connectivity index (χ1n) is 7.38. The average molecular weight is 300 g/mol. The molecule has 1 aliphatic rings. The molecule has 0 unspecified atom stereocenters. The van der Waals surface area contributed by atoms with Gasteiger partial charge in [-0.3, -0.25) is 4.79 Å². The first-order chi connectivity index (χ1) is 10.2. The Kier molecular flexibility index (Phi) is 3.97. The van der Waals surface area contributed by atoms with Crippen LogP contribution < -0.4 is 5.32 Å². The molecular weight excluding hydrogens is 280 g/mol. The Bertz CT molecular complexity index is 663. The van der Waals surface area contributed by atoms with Gasteiger partial charge in [0.1, 0.15) is 0 Å². The molecule has 21 heavy (non-hydrogen) atoms. The Morgan fingerprint density at radius 2 is 2.24 bits per heavy atom. The van der Waals surface area contributed by atoms with Crippen LogP contribution in [0.25, 0.3) is 0 Å². The lowest BCUT2D eigenvalue weighted by Crippen LogP contribution is -2.35. The highest BCUT2D eigenvalue weighted by Crippen LogP contribution is 2.26. The number of amides is 1. The van der Waals surface area contributed by atoms with E-state index in [1.807, 2.05) is 24.0 Å². The Morgan fingerprint density at radius 3 is 3.00 bits per heavy atom. The van der Waals surface area contributed by atoms with Crippen molar-refractivity contribution in [3.63, 3.8) is 0 Å². The van der Waals surface area contributed by atoms with Gasteiger partial charge >= 0.3 is 0 Å². The molecule has 1 aromatic heterocycles. The Hall–Kier alpha value is -1.81. The fourth-order valence-electron chi connectivity index (χ4n) is 2.81. The minimum Gasteiger partial charge on any atom is -0.385 e. The second kappa shape index (κ2) is 5.90. The van der Waals surface area contributed by atoms with Crippen molar-refractivity contribution >= 4 is 22.9 Å². The van der Waals surface area contributed by atoms with E-state index in [0.717, 1.165) is 42.9 Å². The number of carbonyl (C=O) groups excluding carboxylic acids is 1.